The van der Waals surface area contributed by atoms with Crippen molar-refractivity contribution in [2.24, 2.45) is 0 Å². The summed E-state index contributed by atoms with van der Waals surface area (Å²) in [4.78, 5) is 4.20. The molecule has 0 aliphatic heterocycles. The molecule has 0 amide bonds. The molecule has 2 heteroatoms. The van der Waals surface area contributed by atoms with Crippen molar-refractivity contribution in [3.63, 3.8) is 0 Å². The van der Waals surface area contributed by atoms with Gasteiger partial charge >= 0.3 is 0 Å². The molecule has 0 fully saturated rings. The van der Waals surface area contributed by atoms with Crippen LogP contribution in [0, 0.1) is 0 Å². The lowest BCUT2D eigenvalue weighted by atomic mass is 9.89. The van der Waals surface area contributed by atoms with Gasteiger partial charge in [-0.1, -0.05) is 30.3 Å². The summed E-state index contributed by atoms with van der Waals surface area (Å²) in [6.45, 7) is 5.53. The normalized spacial score (nSPS) is 14.5. The van der Waals surface area contributed by atoms with E-state index in [0.717, 1.165) is 22.8 Å². The predicted molar refractivity (Wildman–Crippen MR) is 70.7 cm³/mol. The molecule has 1 aromatic carbocycles. The van der Waals surface area contributed by atoms with Crippen LogP contribution in [-0.2, 0) is 5.60 Å². The maximum Gasteiger partial charge on any atom is 0.0892 e. The largest absolute Gasteiger partial charge is 0.385 e. The first-order valence-electron chi connectivity index (χ1n) is 5.81. The van der Waals surface area contributed by atoms with Crippen LogP contribution in [0.1, 0.15) is 25.3 Å². The highest BCUT2D eigenvalue weighted by atomic mass is 16.3. The molecular formula is C15H17NO. The van der Waals surface area contributed by atoms with Gasteiger partial charge < -0.3 is 5.11 Å². The summed E-state index contributed by atoms with van der Waals surface area (Å²) in [5.41, 5.74) is 0.0275. The van der Waals surface area contributed by atoms with Crippen LogP contribution < -0.4 is 0 Å². The first-order chi connectivity index (χ1) is 8.15. The maximum atomic E-state index is 10.5. The van der Waals surface area contributed by atoms with Crippen molar-refractivity contribution in [3.05, 3.63) is 54.9 Å². The fourth-order valence-electron chi connectivity index (χ4n) is 2.06. The Kier molecular flexibility index (Phi) is 3.25. The molecule has 0 bridgehead atoms. The average Bonchev–Trinajstić information content (AvgIpc) is 2.36. The van der Waals surface area contributed by atoms with Crippen molar-refractivity contribution in [1.82, 2.24) is 4.98 Å². The van der Waals surface area contributed by atoms with Crippen molar-refractivity contribution < 1.29 is 5.11 Å². The zero-order chi connectivity index (χ0) is 12.3. The second-order valence-electron chi connectivity index (χ2n) is 4.51. The molecule has 0 aliphatic carbocycles. The molecule has 2 nitrogen and oxygen atoms in total. The minimum absolute atomic E-state index is 0.659. The predicted octanol–water partition coefficient (Wildman–Crippen LogP) is 3.41. The Morgan fingerprint density at radius 2 is 2.12 bits per heavy atom. The van der Waals surface area contributed by atoms with Gasteiger partial charge in [-0.25, -0.2) is 0 Å². The zero-order valence-electron chi connectivity index (χ0n) is 10.1. The molecule has 0 radical (unpaired) electrons. The molecule has 88 valence electrons. The third-order valence-electron chi connectivity index (χ3n) is 3.08. The van der Waals surface area contributed by atoms with Crippen LogP contribution in [0.3, 0.4) is 0 Å². The minimum atomic E-state index is -0.859. The lowest BCUT2D eigenvalue weighted by molar-refractivity contribution is 0.0500. The first kappa shape index (κ1) is 11.8. The number of aromatic nitrogens is 1. The Balaban J connectivity index is 2.50. The molecule has 2 aromatic rings. The Bertz CT molecular complexity index is 526. The van der Waals surface area contributed by atoms with Crippen molar-refractivity contribution in [3.8, 4) is 0 Å². The second kappa shape index (κ2) is 4.68. The van der Waals surface area contributed by atoms with E-state index in [1.807, 2.05) is 43.5 Å². The molecule has 0 saturated carbocycles. The van der Waals surface area contributed by atoms with Crippen LogP contribution in [-0.4, -0.2) is 10.1 Å². The smallest absolute Gasteiger partial charge is 0.0892 e. The van der Waals surface area contributed by atoms with Gasteiger partial charge in [-0.3, -0.25) is 4.98 Å². The highest BCUT2D eigenvalue weighted by Crippen LogP contribution is 2.31. The number of nitrogens with zero attached hydrogens (tertiary/aromatic N) is 1. The lowest BCUT2D eigenvalue weighted by Gasteiger charge is -2.24. The van der Waals surface area contributed by atoms with E-state index in [2.05, 4.69) is 11.6 Å². The van der Waals surface area contributed by atoms with Gasteiger partial charge in [0.25, 0.3) is 0 Å². The molecule has 0 saturated heterocycles. The standard InChI is InChI=1S/C15H17NO/c1-3-4-9-15(2,17)14-11-16-10-12-7-5-6-8-13(12)14/h3,5-8,10-11,17H,1,4,9H2,2H3. The van der Waals surface area contributed by atoms with Gasteiger partial charge in [0, 0.05) is 23.3 Å². The molecule has 1 N–H and O–H groups in total. The number of hydrogen-bond acceptors (Lipinski definition) is 2. The number of fused-ring (bicyclic) bond motifs is 1. The Hall–Kier alpha value is -1.67. The Labute approximate surface area is 102 Å². The summed E-state index contributed by atoms with van der Waals surface area (Å²) in [5.74, 6) is 0. The third-order valence-corrected chi connectivity index (χ3v) is 3.08. The van der Waals surface area contributed by atoms with Gasteiger partial charge in [-0.2, -0.15) is 0 Å². The summed E-state index contributed by atoms with van der Waals surface area (Å²) in [5, 5.41) is 12.7. The number of hydrogen-bond donors (Lipinski definition) is 1. The van der Waals surface area contributed by atoms with E-state index in [9.17, 15) is 5.11 Å². The van der Waals surface area contributed by atoms with E-state index >= 15 is 0 Å². The number of benzene rings is 1. The molecule has 0 spiro atoms. The monoisotopic (exact) mass is 227 g/mol. The molecule has 1 atom stereocenters. The fraction of sp³-hybridized carbons (Fsp3) is 0.267. The molecule has 1 aromatic heterocycles. The Morgan fingerprint density at radius 1 is 1.35 bits per heavy atom. The van der Waals surface area contributed by atoms with Crippen molar-refractivity contribution in [2.45, 2.75) is 25.4 Å². The second-order valence-corrected chi connectivity index (χ2v) is 4.51. The van der Waals surface area contributed by atoms with Crippen LogP contribution in [0.2, 0.25) is 0 Å². The highest BCUT2D eigenvalue weighted by molar-refractivity contribution is 5.85. The fourth-order valence-corrected chi connectivity index (χ4v) is 2.06. The molecule has 2 rings (SSSR count). The van der Waals surface area contributed by atoms with E-state index in [4.69, 9.17) is 0 Å². The highest BCUT2D eigenvalue weighted by Gasteiger charge is 2.24. The molecule has 1 heterocycles. The van der Waals surface area contributed by atoms with Crippen LogP contribution in [0.4, 0.5) is 0 Å². The van der Waals surface area contributed by atoms with Crippen LogP contribution in [0.15, 0.2) is 49.3 Å². The molecular weight excluding hydrogens is 210 g/mol. The lowest BCUT2D eigenvalue weighted by Crippen LogP contribution is -2.21. The van der Waals surface area contributed by atoms with Crippen molar-refractivity contribution >= 4 is 10.8 Å². The summed E-state index contributed by atoms with van der Waals surface area (Å²) in [6.07, 6.45) is 6.85. The molecule has 17 heavy (non-hydrogen) atoms. The molecule has 1 unspecified atom stereocenters. The van der Waals surface area contributed by atoms with Gasteiger partial charge in [0.15, 0.2) is 0 Å². The minimum Gasteiger partial charge on any atom is -0.385 e. The number of aliphatic hydroxyl groups is 1. The number of allylic oxidation sites excluding steroid dienone is 1. The summed E-state index contributed by atoms with van der Waals surface area (Å²) in [6, 6.07) is 7.99. The van der Waals surface area contributed by atoms with E-state index in [-0.39, 0.29) is 0 Å². The van der Waals surface area contributed by atoms with Gasteiger partial charge in [0.05, 0.1) is 5.60 Å². The van der Waals surface area contributed by atoms with Crippen molar-refractivity contribution in [1.29, 1.82) is 0 Å². The Morgan fingerprint density at radius 3 is 2.88 bits per heavy atom. The SMILES string of the molecule is C=CCCC(C)(O)c1cncc2ccccc12. The third kappa shape index (κ3) is 2.37. The van der Waals surface area contributed by atoms with Crippen LogP contribution in [0.25, 0.3) is 10.8 Å². The van der Waals surface area contributed by atoms with E-state index < -0.39 is 5.60 Å². The topological polar surface area (TPSA) is 33.1 Å². The number of rotatable bonds is 4. The van der Waals surface area contributed by atoms with Gasteiger partial charge in [0.1, 0.15) is 0 Å². The maximum absolute atomic E-state index is 10.5. The van der Waals surface area contributed by atoms with E-state index in [1.54, 1.807) is 6.20 Å². The van der Waals surface area contributed by atoms with Gasteiger partial charge in [-0.15, -0.1) is 6.58 Å². The van der Waals surface area contributed by atoms with E-state index in [0.29, 0.717) is 6.42 Å². The summed E-state index contributed by atoms with van der Waals surface area (Å²) in [7, 11) is 0. The molecule has 0 aliphatic rings. The summed E-state index contributed by atoms with van der Waals surface area (Å²) >= 11 is 0. The average molecular weight is 227 g/mol. The number of pyridine rings is 1. The summed E-state index contributed by atoms with van der Waals surface area (Å²) < 4.78 is 0. The van der Waals surface area contributed by atoms with Gasteiger partial charge in [-0.05, 0) is 25.2 Å². The van der Waals surface area contributed by atoms with Crippen molar-refractivity contribution in [2.75, 3.05) is 0 Å². The van der Waals surface area contributed by atoms with Gasteiger partial charge in [0.2, 0.25) is 0 Å². The first-order valence-corrected chi connectivity index (χ1v) is 5.81. The zero-order valence-corrected chi connectivity index (χ0v) is 10.1. The van der Waals surface area contributed by atoms with Crippen LogP contribution in [0.5, 0.6) is 0 Å². The van der Waals surface area contributed by atoms with Crippen LogP contribution >= 0.6 is 0 Å². The quantitative estimate of drug-likeness (QED) is 0.812. The van der Waals surface area contributed by atoms with E-state index in [1.165, 1.54) is 0 Å².